The summed E-state index contributed by atoms with van der Waals surface area (Å²) >= 11 is 0. The van der Waals surface area contributed by atoms with Crippen LogP contribution in [0.1, 0.15) is 39.0 Å². The van der Waals surface area contributed by atoms with Crippen molar-refractivity contribution in [3.63, 3.8) is 0 Å². The van der Waals surface area contributed by atoms with Crippen molar-refractivity contribution in [1.82, 2.24) is 4.90 Å². The lowest BCUT2D eigenvalue weighted by molar-refractivity contribution is -0.118. The zero-order valence-corrected chi connectivity index (χ0v) is 9.55. The molecule has 1 aliphatic rings. The third-order valence-corrected chi connectivity index (χ3v) is 2.77. The van der Waals surface area contributed by atoms with Crippen molar-refractivity contribution in [2.45, 2.75) is 39.0 Å². The van der Waals surface area contributed by atoms with Crippen LogP contribution in [0.3, 0.4) is 0 Å². The standard InChI is InChI=1S/C12H21NO/c1-4-5-6-10-7-8-11(12(10)14)9-13(2)3/h9-10H,4-8H2,1-3H3. The molecule has 0 N–H and O–H groups in total. The number of unbranched alkanes of at least 4 members (excludes halogenated alkanes) is 1. The van der Waals surface area contributed by atoms with Gasteiger partial charge in [0, 0.05) is 31.8 Å². The summed E-state index contributed by atoms with van der Waals surface area (Å²) in [7, 11) is 3.94. The van der Waals surface area contributed by atoms with Crippen molar-refractivity contribution in [2.75, 3.05) is 14.1 Å². The van der Waals surface area contributed by atoms with Crippen LogP contribution in [0, 0.1) is 5.92 Å². The Morgan fingerprint density at radius 1 is 1.50 bits per heavy atom. The molecule has 0 radical (unpaired) electrons. The molecule has 14 heavy (non-hydrogen) atoms. The number of carbonyl (C=O) groups is 1. The first kappa shape index (κ1) is 11.3. The highest BCUT2D eigenvalue weighted by atomic mass is 16.1. The predicted molar refractivity (Wildman–Crippen MR) is 59.0 cm³/mol. The van der Waals surface area contributed by atoms with Crippen molar-refractivity contribution in [3.05, 3.63) is 11.8 Å². The molecular formula is C12H21NO. The number of ketones is 1. The average molecular weight is 195 g/mol. The monoisotopic (exact) mass is 195 g/mol. The summed E-state index contributed by atoms with van der Waals surface area (Å²) in [6.07, 6.45) is 7.49. The number of carbonyl (C=O) groups excluding carboxylic acids is 1. The largest absolute Gasteiger partial charge is 0.383 e. The molecule has 1 rings (SSSR count). The molecule has 0 bridgehead atoms. The number of hydrogen-bond donors (Lipinski definition) is 0. The van der Waals surface area contributed by atoms with Crippen molar-refractivity contribution in [2.24, 2.45) is 5.92 Å². The molecule has 1 fully saturated rings. The van der Waals surface area contributed by atoms with Crippen LogP contribution in [0.15, 0.2) is 11.8 Å². The van der Waals surface area contributed by atoms with E-state index in [-0.39, 0.29) is 0 Å². The summed E-state index contributed by atoms with van der Waals surface area (Å²) in [5.74, 6) is 0.716. The van der Waals surface area contributed by atoms with Gasteiger partial charge in [0.2, 0.25) is 0 Å². The molecule has 0 aromatic heterocycles. The SMILES string of the molecule is CCCCC1CCC(=CN(C)C)C1=O. The van der Waals surface area contributed by atoms with Crippen LogP contribution >= 0.6 is 0 Å². The summed E-state index contributed by atoms with van der Waals surface area (Å²) in [4.78, 5) is 13.8. The lowest BCUT2D eigenvalue weighted by Gasteiger charge is -2.07. The summed E-state index contributed by atoms with van der Waals surface area (Å²) in [5, 5.41) is 0. The van der Waals surface area contributed by atoms with Gasteiger partial charge in [-0.3, -0.25) is 4.79 Å². The lowest BCUT2D eigenvalue weighted by Crippen LogP contribution is -2.10. The van der Waals surface area contributed by atoms with Gasteiger partial charge in [0.25, 0.3) is 0 Å². The van der Waals surface area contributed by atoms with E-state index in [0.29, 0.717) is 11.7 Å². The second kappa shape index (κ2) is 5.18. The van der Waals surface area contributed by atoms with Gasteiger partial charge < -0.3 is 4.90 Å². The van der Waals surface area contributed by atoms with Crippen LogP contribution in [0.25, 0.3) is 0 Å². The second-order valence-corrected chi connectivity index (χ2v) is 4.36. The minimum Gasteiger partial charge on any atom is -0.383 e. The quantitative estimate of drug-likeness (QED) is 0.643. The topological polar surface area (TPSA) is 20.3 Å². The van der Waals surface area contributed by atoms with Gasteiger partial charge in [-0.25, -0.2) is 0 Å². The first-order valence-electron chi connectivity index (χ1n) is 5.56. The zero-order chi connectivity index (χ0) is 10.6. The first-order chi connectivity index (χ1) is 6.65. The molecule has 0 heterocycles. The van der Waals surface area contributed by atoms with Gasteiger partial charge in [0.05, 0.1) is 0 Å². The molecule has 1 unspecified atom stereocenters. The predicted octanol–water partition coefficient (Wildman–Crippen LogP) is 2.60. The molecule has 2 nitrogen and oxygen atoms in total. The second-order valence-electron chi connectivity index (χ2n) is 4.36. The van der Waals surface area contributed by atoms with E-state index in [4.69, 9.17) is 0 Å². The maximum absolute atomic E-state index is 11.9. The average Bonchev–Trinajstić information content (AvgIpc) is 2.45. The summed E-state index contributed by atoms with van der Waals surface area (Å²) < 4.78 is 0. The van der Waals surface area contributed by atoms with Crippen LogP contribution in [0.5, 0.6) is 0 Å². The molecule has 0 aromatic rings. The Morgan fingerprint density at radius 2 is 2.21 bits per heavy atom. The number of nitrogens with zero attached hydrogens (tertiary/aromatic N) is 1. The van der Waals surface area contributed by atoms with Crippen molar-refractivity contribution < 1.29 is 4.79 Å². The van der Waals surface area contributed by atoms with E-state index in [0.717, 1.165) is 24.8 Å². The lowest BCUT2D eigenvalue weighted by atomic mass is 9.99. The number of allylic oxidation sites excluding steroid dienone is 1. The molecule has 0 aliphatic heterocycles. The zero-order valence-electron chi connectivity index (χ0n) is 9.55. The fraction of sp³-hybridized carbons (Fsp3) is 0.750. The molecule has 0 saturated heterocycles. The minimum absolute atomic E-state index is 0.321. The van der Waals surface area contributed by atoms with Gasteiger partial charge in [-0.2, -0.15) is 0 Å². The molecule has 1 atom stereocenters. The summed E-state index contributed by atoms with van der Waals surface area (Å²) in [6.45, 7) is 2.18. The van der Waals surface area contributed by atoms with Crippen LogP contribution < -0.4 is 0 Å². The normalized spacial score (nSPS) is 24.6. The molecule has 0 amide bonds. The van der Waals surface area contributed by atoms with E-state index < -0.39 is 0 Å². The maximum atomic E-state index is 11.9. The van der Waals surface area contributed by atoms with Crippen LogP contribution in [-0.4, -0.2) is 24.8 Å². The van der Waals surface area contributed by atoms with Gasteiger partial charge >= 0.3 is 0 Å². The van der Waals surface area contributed by atoms with E-state index in [1.165, 1.54) is 12.8 Å². The van der Waals surface area contributed by atoms with E-state index >= 15 is 0 Å². The molecule has 80 valence electrons. The molecule has 0 aromatic carbocycles. The van der Waals surface area contributed by atoms with Crippen molar-refractivity contribution in [1.29, 1.82) is 0 Å². The first-order valence-corrected chi connectivity index (χ1v) is 5.56. The van der Waals surface area contributed by atoms with Gasteiger partial charge in [-0.1, -0.05) is 19.8 Å². The Hall–Kier alpha value is -0.790. The Bertz CT molecular complexity index is 230. The fourth-order valence-corrected chi connectivity index (χ4v) is 2.01. The molecule has 1 saturated carbocycles. The highest BCUT2D eigenvalue weighted by molar-refractivity contribution is 5.99. The number of hydrogen-bond acceptors (Lipinski definition) is 2. The third-order valence-electron chi connectivity index (χ3n) is 2.77. The summed E-state index contributed by atoms with van der Waals surface area (Å²) in [6, 6.07) is 0. The molecule has 1 aliphatic carbocycles. The van der Waals surface area contributed by atoms with Gasteiger partial charge in [0.1, 0.15) is 0 Å². The molecular weight excluding hydrogens is 174 g/mol. The van der Waals surface area contributed by atoms with Gasteiger partial charge in [-0.15, -0.1) is 0 Å². The van der Waals surface area contributed by atoms with E-state index in [9.17, 15) is 4.79 Å². The maximum Gasteiger partial charge on any atom is 0.163 e. The van der Waals surface area contributed by atoms with E-state index in [2.05, 4.69) is 6.92 Å². The highest BCUT2D eigenvalue weighted by Crippen LogP contribution is 2.30. The van der Waals surface area contributed by atoms with Crippen LogP contribution in [0.4, 0.5) is 0 Å². The van der Waals surface area contributed by atoms with Crippen LogP contribution in [-0.2, 0) is 4.79 Å². The van der Waals surface area contributed by atoms with Crippen LogP contribution in [0.2, 0.25) is 0 Å². The molecule has 2 heteroatoms. The van der Waals surface area contributed by atoms with Gasteiger partial charge in [0.15, 0.2) is 5.78 Å². The van der Waals surface area contributed by atoms with Crippen molar-refractivity contribution >= 4 is 5.78 Å². The number of rotatable bonds is 4. The Balaban J connectivity index is 2.51. The Morgan fingerprint density at radius 3 is 2.79 bits per heavy atom. The Labute approximate surface area is 87.0 Å². The van der Waals surface area contributed by atoms with Crippen molar-refractivity contribution in [3.8, 4) is 0 Å². The summed E-state index contributed by atoms with van der Waals surface area (Å²) in [5.41, 5.74) is 1.02. The highest BCUT2D eigenvalue weighted by Gasteiger charge is 2.28. The molecule has 0 spiro atoms. The van der Waals surface area contributed by atoms with Gasteiger partial charge in [-0.05, 0) is 19.3 Å². The van der Waals surface area contributed by atoms with E-state index in [1.54, 1.807) is 0 Å². The minimum atomic E-state index is 0.321. The van der Waals surface area contributed by atoms with E-state index in [1.807, 2.05) is 25.2 Å². The Kier molecular flexibility index (Phi) is 4.18. The fourth-order valence-electron chi connectivity index (χ4n) is 2.01. The third kappa shape index (κ3) is 2.86. The number of Topliss-reactive ketones (excluding diaryl/α,β-unsaturated/α-hetero) is 1. The smallest absolute Gasteiger partial charge is 0.163 e.